The van der Waals surface area contributed by atoms with Crippen LogP contribution in [0.25, 0.3) is 0 Å². The molecule has 0 radical (unpaired) electrons. The molecule has 0 bridgehead atoms. The van der Waals surface area contributed by atoms with Crippen LogP contribution in [0.4, 0.5) is 21.9 Å². The van der Waals surface area contributed by atoms with Gasteiger partial charge in [0.1, 0.15) is 0 Å². The number of hydrogen-bond acceptors (Lipinski definition) is 5. The fourth-order valence-electron chi connectivity index (χ4n) is 3.62. The second-order valence-corrected chi connectivity index (χ2v) is 7.52. The average Bonchev–Trinajstić information content (AvgIpc) is 2.91. The van der Waals surface area contributed by atoms with Gasteiger partial charge in [-0.05, 0) is 19.1 Å². The number of para-hydroxylation sites is 1. The van der Waals surface area contributed by atoms with Gasteiger partial charge in [0.05, 0.1) is 16.3 Å². The number of nitrogens with one attached hydrogen (secondary N) is 2. The van der Waals surface area contributed by atoms with E-state index in [1.165, 1.54) is 11.0 Å². The number of amides is 3. The minimum absolute atomic E-state index is 0.113. The lowest BCUT2D eigenvalue weighted by Gasteiger charge is -2.21. The van der Waals surface area contributed by atoms with Crippen molar-refractivity contribution < 1.29 is 14.5 Å². The van der Waals surface area contributed by atoms with Crippen molar-refractivity contribution in [3.63, 3.8) is 0 Å². The molecule has 3 aromatic carbocycles. The number of urea groups is 1. The van der Waals surface area contributed by atoms with E-state index in [4.69, 9.17) is 0 Å². The lowest BCUT2D eigenvalue weighted by Crippen LogP contribution is -2.47. The highest BCUT2D eigenvalue weighted by Gasteiger charge is 2.31. The van der Waals surface area contributed by atoms with E-state index in [-0.39, 0.29) is 11.4 Å². The van der Waals surface area contributed by atoms with Crippen LogP contribution in [0.15, 0.2) is 77.8 Å². The van der Waals surface area contributed by atoms with Crippen LogP contribution in [-0.2, 0) is 4.79 Å². The Morgan fingerprint density at radius 1 is 1.06 bits per heavy atom. The lowest BCUT2D eigenvalue weighted by atomic mass is 10.0. The summed E-state index contributed by atoms with van der Waals surface area (Å²) in [6.07, 6.45) is -1.20. The third kappa shape index (κ3) is 4.42. The van der Waals surface area contributed by atoms with Gasteiger partial charge in [-0.25, -0.2) is 9.79 Å². The van der Waals surface area contributed by atoms with Crippen LogP contribution in [0.2, 0.25) is 0 Å². The molecule has 0 fully saturated rings. The summed E-state index contributed by atoms with van der Waals surface area (Å²) >= 11 is 0. The van der Waals surface area contributed by atoms with Crippen molar-refractivity contribution >= 4 is 34.7 Å². The highest BCUT2D eigenvalue weighted by molar-refractivity contribution is 6.20. The fourth-order valence-corrected chi connectivity index (χ4v) is 3.62. The van der Waals surface area contributed by atoms with Crippen LogP contribution in [0.5, 0.6) is 0 Å². The Bertz CT molecular complexity index is 1270. The van der Waals surface area contributed by atoms with E-state index in [1.54, 1.807) is 26.1 Å². The highest BCUT2D eigenvalue weighted by Crippen LogP contribution is 2.27. The molecule has 1 aliphatic heterocycles. The first kappa shape index (κ1) is 21.7. The van der Waals surface area contributed by atoms with Crippen LogP contribution in [0.3, 0.4) is 0 Å². The molecule has 33 heavy (non-hydrogen) atoms. The molecule has 0 saturated heterocycles. The predicted molar refractivity (Wildman–Crippen MR) is 126 cm³/mol. The van der Waals surface area contributed by atoms with Crippen LogP contribution in [-0.4, -0.2) is 35.8 Å². The Balaban J connectivity index is 1.66. The van der Waals surface area contributed by atoms with Crippen LogP contribution in [0.1, 0.15) is 16.7 Å². The largest absolute Gasteiger partial charge is 0.321 e. The molecule has 4 rings (SSSR count). The van der Waals surface area contributed by atoms with Crippen molar-refractivity contribution in [1.82, 2.24) is 5.32 Å². The molecular formula is C24H21N5O4. The first-order valence-corrected chi connectivity index (χ1v) is 10.2. The van der Waals surface area contributed by atoms with Crippen molar-refractivity contribution in [2.24, 2.45) is 4.99 Å². The quantitative estimate of drug-likeness (QED) is 0.470. The molecule has 0 saturated carbocycles. The molecule has 3 amide bonds. The second kappa shape index (κ2) is 8.91. The van der Waals surface area contributed by atoms with Gasteiger partial charge < -0.3 is 15.5 Å². The fraction of sp³-hybridized carbons (Fsp3) is 0.125. The predicted octanol–water partition coefficient (Wildman–Crippen LogP) is 3.86. The summed E-state index contributed by atoms with van der Waals surface area (Å²) in [6, 6.07) is 20.4. The zero-order chi connectivity index (χ0) is 23.5. The topological polar surface area (TPSA) is 117 Å². The van der Waals surface area contributed by atoms with Crippen molar-refractivity contribution in [2.75, 3.05) is 17.3 Å². The van der Waals surface area contributed by atoms with Gasteiger partial charge in [-0.1, -0.05) is 54.6 Å². The third-order valence-electron chi connectivity index (χ3n) is 5.32. The van der Waals surface area contributed by atoms with Gasteiger partial charge in [0.25, 0.3) is 11.6 Å². The van der Waals surface area contributed by atoms with Gasteiger partial charge in [-0.15, -0.1) is 0 Å². The molecule has 9 heteroatoms. The standard InChI is InChI=1S/C24H21N5O4/c1-15-12-13-17(14-20(15)29(32)33)25-24(31)27-22-23(30)28(2)19-11-7-6-10-18(19)21(26-22)16-8-4-3-5-9-16/h3-14,22H,1-2H3,(H2,25,27,31). The maximum atomic E-state index is 13.1. The third-order valence-corrected chi connectivity index (χ3v) is 5.32. The minimum atomic E-state index is -1.20. The summed E-state index contributed by atoms with van der Waals surface area (Å²) in [5.74, 6) is -0.418. The number of nitrogens with zero attached hydrogens (tertiary/aromatic N) is 3. The molecule has 3 aromatic rings. The molecule has 1 aliphatic rings. The van der Waals surface area contributed by atoms with Gasteiger partial charge in [0, 0.05) is 35.5 Å². The van der Waals surface area contributed by atoms with E-state index >= 15 is 0 Å². The minimum Gasteiger partial charge on any atom is -0.311 e. The molecule has 0 aliphatic carbocycles. The van der Waals surface area contributed by atoms with Crippen molar-refractivity contribution in [2.45, 2.75) is 13.1 Å². The number of fused-ring (bicyclic) bond motifs is 1. The number of nitro benzene ring substituents is 1. The molecule has 1 heterocycles. The van der Waals surface area contributed by atoms with Crippen molar-refractivity contribution in [3.05, 3.63) is 99.6 Å². The summed E-state index contributed by atoms with van der Waals surface area (Å²) in [5.41, 5.74) is 3.39. The van der Waals surface area contributed by atoms with E-state index in [1.807, 2.05) is 54.6 Å². The van der Waals surface area contributed by atoms with E-state index in [0.29, 0.717) is 17.0 Å². The van der Waals surface area contributed by atoms with Crippen LogP contribution in [0, 0.1) is 17.0 Å². The molecule has 2 N–H and O–H groups in total. The van der Waals surface area contributed by atoms with Gasteiger partial charge >= 0.3 is 6.03 Å². The number of rotatable bonds is 4. The number of benzodiazepines with no additional fused rings is 1. The normalized spacial score (nSPS) is 15.2. The van der Waals surface area contributed by atoms with Crippen molar-refractivity contribution in [1.29, 1.82) is 0 Å². The Labute approximate surface area is 189 Å². The number of aryl methyl sites for hydroxylation is 1. The molecule has 1 unspecified atom stereocenters. The number of anilines is 2. The Hall–Kier alpha value is -4.53. The van der Waals surface area contributed by atoms with Gasteiger partial charge in [0.2, 0.25) is 6.17 Å². The van der Waals surface area contributed by atoms with E-state index in [0.717, 1.165) is 11.1 Å². The summed E-state index contributed by atoms with van der Waals surface area (Å²) < 4.78 is 0. The number of carbonyl (C=O) groups is 2. The SMILES string of the molecule is Cc1ccc(NC(=O)NC2N=C(c3ccccc3)c3ccccc3N(C)C2=O)cc1[N+](=O)[O-]. The number of aliphatic imine (C=N–C) groups is 1. The number of likely N-dealkylation sites (N-methyl/N-ethyl adjacent to an activating group) is 1. The maximum absolute atomic E-state index is 13.1. The zero-order valence-corrected chi connectivity index (χ0v) is 18.0. The van der Waals surface area contributed by atoms with E-state index < -0.39 is 23.0 Å². The van der Waals surface area contributed by atoms with Gasteiger partial charge in [-0.3, -0.25) is 14.9 Å². The molecule has 1 atom stereocenters. The smallest absolute Gasteiger partial charge is 0.311 e. The van der Waals surface area contributed by atoms with Crippen LogP contribution < -0.4 is 15.5 Å². The molecular weight excluding hydrogens is 422 g/mol. The summed E-state index contributed by atoms with van der Waals surface area (Å²) in [7, 11) is 1.63. The molecule has 0 spiro atoms. The first-order chi connectivity index (χ1) is 15.8. The molecule has 0 aromatic heterocycles. The summed E-state index contributed by atoms with van der Waals surface area (Å²) in [4.78, 5) is 42.6. The summed E-state index contributed by atoms with van der Waals surface area (Å²) in [5, 5.41) is 16.3. The van der Waals surface area contributed by atoms with Crippen LogP contribution >= 0.6 is 0 Å². The monoisotopic (exact) mass is 443 g/mol. The zero-order valence-electron chi connectivity index (χ0n) is 18.0. The van der Waals surface area contributed by atoms with E-state index in [2.05, 4.69) is 15.6 Å². The average molecular weight is 443 g/mol. The molecule has 166 valence electrons. The number of hydrogen-bond donors (Lipinski definition) is 2. The number of nitro groups is 1. The highest BCUT2D eigenvalue weighted by atomic mass is 16.6. The number of benzene rings is 3. The van der Waals surface area contributed by atoms with E-state index in [9.17, 15) is 19.7 Å². The summed E-state index contributed by atoms with van der Waals surface area (Å²) in [6.45, 7) is 1.61. The lowest BCUT2D eigenvalue weighted by molar-refractivity contribution is -0.385. The Morgan fingerprint density at radius 3 is 2.48 bits per heavy atom. The second-order valence-electron chi connectivity index (χ2n) is 7.52. The Kier molecular flexibility index (Phi) is 5.86. The first-order valence-electron chi connectivity index (χ1n) is 10.2. The van der Waals surface area contributed by atoms with Gasteiger partial charge in [-0.2, -0.15) is 0 Å². The maximum Gasteiger partial charge on any atom is 0.321 e. The Morgan fingerprint density at radius 2 is 1.76 bits per heavy atom. The number of carbonyl (C=O) groups excluding carboxylic acids is 2. The van der Waals surface area contributed by atoms with Gasteiger partial charge in [0.15, 0.2) is 0 Å². The molecule has 9 nitrogen and oxygen atoms in total. The van der Waals surface area contributed by atoms with Crippen molar-refractivity contribution in [3.8, 4) is 0 Å².